The van der Waals surface area contributed by atoms with Gasteiger partial charge in [0.15, 0.2) is 0 Å². The van der Waals surface area contributed by atoms with Crippen LogP contribution in [-0.4, -0.2) is 30.4 Å². The van der Waals surface area contributed by atoms with Crippen LogP contribution in [0.4, 0.5) is 0 Å². The first-order valence-corrected chi connectivity index (χ1v) is 7.38. The Labute approximate surface area is 136 Å². The summed E-state index contributed by atoms with van der Waals surface area (Å²) >= 11 is 15.8. The molecule has 3 nitrogen and oxygen atoms in total. The quantitative estimate of drug-likeness (QED) is 0.526. The average Bonchev–Trinajstić information content (AvgIpc) is 2.35. The highest BCUT2D eigenvalue weighted by atomic mass is 35.5. The number of thiol groups is 1. The highest BCUT2D eigenvalue weighted by Gasteiger charge is 2.03. The lowest BCUT2D eigenvalue weighted by molar-refractivity contribution is 0.294. The van der Waals surface area contributed by atoms with E-state index in [1.807, 2.05) is 0 Å². The average molecular weight is 346 g/mol. The second kappa shape index (κ2) is 11.9. The number of hydrogen-bond donors (Lipinski definition) is 2. The maximum absolute atomic E-state index is 5.94. The van der Waals surface area contributed by atoms with Gasteiger partial charge in [0.05, 0.1) is 11.6 Å². The molecule has 0 unspecified atom stereocenters. The van der Waals surface area contributed by atoms with Gasteiger partial charge in [-0.25, -0.2) is 4.98 Å². The van der Waals surface area contributed by atoms with Crippen molar-refractivity contribution in [3.05, 3.63) is 22.3 Å². The highest BCUT2D eigenvalue weighted by molar-refractivity contribution is 7.80. The van der Waals surface area contributed by atoms with Crippen LogP contribution in [0, 0.1) is 0 Å². The van der Waals surface area contributed by atoms with Gasteiger partial charge in [0.2, 0.25) is 5.88 Å². The molecule has 110 valence electrons. The number of nitrogens with one attached hydrogen (secondary N) is 1. The first kappa shape index (κ1) is 19.1. The Balaban J connectivity index is 0.00000324. The lowest BCUT2D eigenvalue weighted by Crippen LogP contribution is -2.17. The molecule has 0 aliphatic rings. The molecule has 0 saturated carbocycles. The second-order valence-corrected chi connectivity index (χ2v) is 5.11. The summed E-state index contributed by atoms with van der Waals surface area (Å²) < 4.78 is 5.49. The van der Waals surface area contributed by atoms with Gasteiger partial charge in [-0.15, -0.1) is 12.4 Å². The molecule has 0 fully saturated rings. The largest absolute Gasteiger partial charge is 0.477 e. The Bertz CT molecular complexity index is 356. The zero-order valence-corrected chi connectivity index (χ0v) is 13.8. The minimum absolute atomic E-state index is 0. The topological polar surface area (TPSA) is 34.1 Å². The van der Waals surface area contributed by atoms with Crippen molar-refractivity contribution in [2.24, 2.45) is 0 Å². The Morgan fingerprint density at radius 3 is 2.68 bits per heavy atom. The van der Waals surface area contributed by atoms with Crippen LogP contribution in [0.25, 0.3) is 0 Å². The summed E-state index contributed by atoms with van der Waals surface area (Å²) in [5, 5.41) is 4.27. The molecule has 1 aromatic rings. The monoisotopic (exact) mass is 344 g/mol. The van der Waals surface area contributed by atoms with E-state index in [0.717, 1.165) is 38.1 Å². The summed E-state index contributed by atoms with van der Waals surface area (Å²) in [6.07, 6.45) is 4.77. The molecule has 19 heavy (non-hydrogen) atoms. The summed E-state index contributed by atoms with van der Waals surface area (Å²) in [5.41, 5.74) is 0. The summed E-state index contributed by atoms with van der Waals surface area (Å²) in [6, 6.07) is 1.63. The van der Waals surface area contributed by atoms with E-state index in [2.05, 4.69) is 22.9 Å². The van der Waals surface area contributed by atoms with E-state index in [9.17, 15) is 0 Å². The first-order chi connectivity index (χ1) is 8.74. The SMILES string of the molecule is Cl.SCCNCCCCCOc1ncc(Cl)cc1Cl. The van der Waals surface area contributed by atoms with E-state index in [0.29, 0.717) is 22.5 Å². The zero-order valence-electron chi connectivity index (χ0n) is 10.6. The number of nitrogens with zero attached hydrogens (tertiary/aromatic N) is 1. The molecule has 1 aromatic heterocycles. The number of aromatic nitrogens is 1. The molecule has 0 aliphatic carbocycles. The summed E-state index contributed by atoms with van der Waals surface area (Å²) in [5.74, 6) is 1.33. The lowest BCUT2D eigenvalue weighted by Gasteiger charge is -2.07. The van der Waals surface area contributed by atoms with Gasteiger partial charge in [0, 0.05) is 18.5 Å². The van der Waals surface area contributed by atoms with E-state index in [-0.39, 0.29) is 12.4 Å². The number of rotatable bonds is 9. The van der Waals surface area contributed by atoms with Crippen LogP contribution in [0.1, 0.15) is 19.3 Å². The van der Waals surface area contributed by atoms with Crippen LogP contribution in [-0.2, 0) is 0 Å². The molecule has 0 aromatic carbocycles. The molecule has 7 heteroatoms. The summed E-state index contributed by atoms with van der Waals surface area (Å²) in [7, 11) is 0. The van der Waals surface area contributed by atoms with Gasteiger partial charge >= 0.3 is 0 Å². The number of ether oxygens (including phenoxy) is 1. The van der Waals surface area contributed by atoms with Crippen molar-refractivity contribution in [2.45, 2.75) is 19.3 Å². The third-order valence-electron chi connectivity index (χ3n) is 2.30. The van der Waals surface area contributed by atoms with Gasteiger partial charge in [0.25, 0.3) is 0 Å². The van der Waals surface area contributed by atoms with Gasteiger partial charge in [-0.1, -0.05) is 23.2 Å². The van der Waals surface area contributed by atoms with Crippen LogP contribution in [0.2, 0.25) is 10.0 Å². The van der Waals surface area contributed by atoms with Crippen molar-refractivity contribution in [2.75, 3.05) is 25.4 Å². The van der Waals surface area contributed by atoms with Gasteiger partial charge in [-0.05, 0) is 31.9 Å². The molecule has 1 heterocycles. The van der Waals surface area contributed by atoms with Gasteiger partial charge in [-0.3, -0.25) is 0 Å². The Hall–Kier alpha value is 0.130. The van der Waals surface area contributed by atoms with E-state index in [4.69, 9.17) is 27.9 Å². The number of halogens is 3. The normalized spacial score (nSPS) is 10.1. The maximum Gasteiger partial charge on any atom is 0.232 e. The molecule has 0 aliphatic heterocycles. The summed E-state index contributed by atoms with van der Waals surface area (Å²) in [6.45, 7) is 2.62. The number of unbranched alkanes of at least 4 members (excludes halogenated alkanes) is 2. The van der Waals surface area contributed by atoms with Crippen molar-refractivity contribution in [1.82, 2.24) is 10.3 Å². The predicted octanol–water partition coefficient (Wildman–Crippen LogP) is 3.88. The van der Waals surface area contributed by atoms with E-state index in [1.54, 1.807) is 6.07 Å². The molecule has 0 spiro atoms. The number of hydrogen-bond acceptors (Lipinski definition) is 4. The zero-order chi connectivity index (χ0) is 13.2. The predicted molar refractivity (Wildman–Crippen MR) is 87.6 cm³/mol. The van der Waals surface area contributed by atoms with Gasteiger partial charge in [-0.2, -0.15) is 12.6 Å². The Kier molecular flexibility index (Phi) is 12.0. The standard InChI is InChI=1S/C12H18Cl2N2OS.ClH/c13-10-8-11(14)12(16-9-10)17-6-3-1-2-4-15-5-7-18;/h8-9,15,18H,1-7H2;1H. The van der Waals surface area contributed by atoms with Crippen LogP contribution < -0.4 is 10.1 Å². The molecule has 0 radical (unpaired) electrons. The van der Waals surface area contributed by atoms with E-state index in [1.165, 1.54) is 6.20 Å². The minimum Gasteiger partial charge on any atom is -0.477 e. The molecule has 0 amide bonds. The van der Waals surface area contributed by atoms with Crippen molar-refractivity contribution >= 4 is 48.2 Å². The second-order valence-electron chi connectivity index (χ2n) is 3.82. The molecular formula is C12H19Cl3N2OS. The van der Waals surface area contributed by atoms with Crippen LogP contribution in [0.15, 0.2) is 12.3 Å². The molecular weight excluding hydrogens is 327 g/mol. The fourth-order valence-electron chi connectivity index (χ4n) is 1.41. The van der Waals surface area contributed by atoms with Crippen LogP contribution in [0.5, 0.6) is 5.88 Å². The van der Waals surface area contributed by atoms with Crippen molar-refractivity contribution in [3.63, 3.8) is 0 Å². The summed E-state index contributed by atoms with van der Waals surface area (Å²) in [4.78, 5) is 4.03. The van der Waals surface area contributed by atoms with Gasteiger partial charge in [0.1, 0.15) is 5.02 Å². The third kappa shape index (κ3) is 8.82. The molecule has 0 bridgehead atoms. The van der Waals surface area contributed by atoms with Gasteiger partial charge < -0.3 is 10.1 Å². The third-order valence-corrected chi connectivity index (χ3v) is 3.00. The number of pyridine rings is 1. The lowest BCUT2D eigenvalue weighted by atomic mass is 10.2. The smallest absolute Gasteiger partial charge is 0.232 e. The van der Waals surface area contributed by atoms with Crippen molar-refractivity contribution in [1.29, 1.82) is 0 Å². The molecule has 1 rings (SSSR count). The first-order valence-electron chi connectivity index (χ1n) is 5.99. The maximum atomic E-state index is 5.94. The fraction of sp³-hybridized carbons (Fsp3) is 0.583. The minimum atomic E-state index is 0. The van der Waals surface area contributed by atoms with Crippen molar-refractivity contribution in [3.8, 4) is 5.88 Å². The van der Waals surface area contributed by atoms with Crippen LogP contribution >= 0.6 is 48.2 Å². The Morgan fingerprint density at radius 1 is 1.21 bits per heavy atom. The fourth-order valence-corrected chi connectivity index (χ4v) is 2.00. The molecule has 1 N–H and O–H groups in total. The van der Waals surface area contributed by atoms with Crippen LogP contribution in [0.3, 0.4) is 0 Å². The molecule has 0 saturated heterocycles. The van der Waals surface area contributed by atoms with E-state index < -0.39 is 0 Å². The highest BCUT2D eigenvalue weighted by Crippen LogP contribution is 2.24. The van der Waals surface area contributed by atoms with Crippen molar-refractivity contribution < 1.29 is 4.74 Å². The molecule has 0 atom stereocenters. The Morgan fingerprint density at radius 2 is 2.00 bits per heavy atom. The van der Waals surface area contributed by atoms with E-state index >= 15 is 0 Å².